The van der Waals surface area contributed by atoms with Crippen molar-refractivity contribution in [3.63, 3.8) is 0 Å². The van der Waals surface area contributed by atoms with Gasteiger partial charge in [-0.15, -0.1) is 0 Å². The highest BCUT2D eigenvalue weighted by atomic mass is 16.2. The first kappa shape index (κ1) is 20.9. The van der Waals surface area contributed by atoms with Crippen molar-refractivity contribution in [3.8, 4) is 0 Å². The second-order valence-corrected chi connectivity index (χ2v) is 8.43. The Balaban J connectivity index is 1.57. The lowest BCUT2D eigenvalue weighted by molar-refractivity contribution is 0.0920. The van der Waals surface area contributed by atoms with Gasteiger partial charge in [0.25, 0.3) is 5.91 Å². The fraction of sp³-hybridized carbons (Fsp3) is 0.391. The van der Waals surface area contributed by atoms with Gasteiger partial charge in [0.2, 0.25) is 0 Å². The van der Waals surface area contributed by atoms with Crippen LogP contribution in [0.1, 0.15) is 36.7 Å². The minimum atomic E-state index is -0.344. The summed E-state index contributed by atoms with van der Waals surface area (Å²) in [6.07, 6.45) is 0. The lowest BCUT2D eigenvalue weighted by atomic mass is 10.1. The molecule has 3 amide bonds. The summed E-state index contributed by atoms with van der Waals surface area (Å²) >= 11 is 0. The Morgan fingerprint density at radius 1 is 0.897 bits per heavy atom. The summed E-state index contributed by atoms with van der Waals surface area (Å²) in [7, 11) is 0. The van der Waals surface area contributed by atoms with Crippen molar-refractivity contribution in [1.82, 2.24) is 15.1 Å². The topological polar surface area (TPSA) is 64.7 Å². The number of rotatable bonds is 4. The Labute approximate surface area is 172 Å². The molecule has 0 atom stereocenters. The van der Waals surface area contributed by atoms with E-state index in [-0.39, 0.29) is 17.5 Å². The minimum Gasteiger partial charge on any atom is -0.347 e. The predicted octanol–water partition coefficient (Wildman–Crippen LogP) is 3.56. The smallest absolute Gasteiger partial charge is 0.321 e. The van der Waals surface area contributed by atoms with E-state index in [0.29, 0.717) is 24.3 Å². The highest BCUT2D eigenvalue weighted by molar-refractivity contribution is 6.03. The maximum atomic E-state index is 12.8. The summed E-state index contributed by atoms with van der Waals surface area (Å²) in [6, 6.07) is 17.3. The van der Waals surface area contributed by atoms with Crippen LogP contribution in [0.15, 0.2) is 54.6 Å². The van der Waals surface area contributed by atoms with Gasteiger partial charge in [-0.25, -0.2) is 4.79 Å². The molecule has 0 spiro atoms. The molecule has 1 heterocycles. The number of para-hydroxylation sites is 1. The molecule has 29 heavy (non-hydrogen) atoms. The standard InChI is InChI=1S/C23H30N4O2/c1-23(2,3)25-21(28)19-11-7-8-12-20(19)24-22(29)27-15-13-26(14-16-27)17-18-9-5-4-6-10-18/h4-12H,13-17H2,1-3H3,(H,24,29)(H,25,28). The molecule has 1 saturated heterocycles. The third-order valence-electron chi connectivity index (χ3n) is 4.81. The number of piperazine rings is 1. The van der Waals surface area contributed by atoms with Gasteiger partial charge >= 0.3 is 6.03 Å². The van der Waals surface area contributed by atoms with Crippen LogP contribution < -0.4 is 10.6 Å². The maximum absolute atomic E-state index is 12.8. The fourth-order valence-electron chi connectivity index (χ4n) is 3.34. The van der Waals surface area contributed by atoms with Crippen molar-refractivity contribution >= 4 is 17.6 Å². The fourth-order valence-corrected chi connectivity index (χ4v) is 3.34. The van der Waals surface area contributed by atoms with Crippen LogP contribution in [-0.2, 0) is 6.54 Å². The molecule has 2 aromatic carbocycles. The second kappa shape index (κ2) is 9.09. The molecule has 0 radical (unpaired) electrons. The first-order valence-corrected chi connectivity index (χ1v) is 10.1. The number of carbonyl (C=O) groups is 2. The van der Waals surface area contributed by atoms with E-state index in [2.05, 4.69) is 27.7 Å². The highest BCUT2D eigenvalue weighted by Crippen LogP contribution is 2.18. The molecule has 154 valence electrons. The third-order valence-corrected chi connectivity index (χ3v) is 4.81. The molecular weight excluding hydrogens is 364 g/mol. The van der Waals surface area contributed by atoms with E-state index in [4.69, 9.17) is 0 Å². The molecule has 0 aliphatic carbocycles. The number of carbonyl (C=O) groups excluding carboxylic acids is 2. The third kappa shape index (κ3) is 6.06. The Morgan fingerprint density at radius 3 is 2.17 bits per heavy atom. The van der Waals surface area contributed by atoms with Crippen molar-refractivity contribution in [2.75, 3.05) is 31.5 Å². The summed E-state index contributed by atoms with van der Waals surface area (Å²) < 4.78 is 0. The number of amides is 3. The van der Waals surface area contributed by atoms with E-state index < -0.39 is 0 Å². The maximum Gasteiger partial charge on any atom is 0.321 e. The van der Waals surface area contributed by atoms with Crippen LogP contribution in [0.4, 0.5) is 10.5 Å². The van der Waals surface area contributed by atoms with Gasteiger partial charge in [-0.3, -0.25) is 9.69 Å². The van der Waals surface area contributed by atoms with Crippen molar-refractivity contribution in [2.24, 2.45) is 0 Å². The molecule has 0 aromatic heterocycles. The number of urea groups is 1. The molecule has 0 bridgehead atoms. The van der Waals surface area contributed by atoms with Crippen molar-refractivity contribution in [3.05, 3.63) is 65.7 Å². The molecule has 1 fully saturated rings. The molecule has 0 saturated carbocycles. The predicted molar refractivity (Wildman–Crippen MR) is 116 cm³/mol. The first-order chi connectivity index (χ1) is 13.8. The molecule has 0 unspecified atom stereocenters. The molecule has 1 aliphatic rings. The van der Waals surface area contributed by atoms with Crippen LogP contribution >= 0.6 is 0 Å². The molecular formula is C23H30N4O2. The van der Waals surface area contributed by atoms with Crippen molar-refractivity contribution in [2.45, 2.75) is 32.9 Å². The van der Waals surface area contributed by atoms with Gasteiger partial charge in [0.05, 0.1) is 11.3 Å². The average Bonchev–Trinajstić information content (AvgIpc) is 2.68. The first-order valence-electron chi connectivity index (χ1n) is 10.1. The van der Waals surface area contributed by atoms with Crippen molar-refractivity contribution < 1.29 is 9.59 Å². The van der Waals surface area contributed by atoms with Gasteiger partial charge in [0.1, 0.15) is 0 Å². The second-order valence-electron chi connectivity index (χ2n) is 8.43. The number of nitrogens with zero attached hydrogens (tertiary/aromatic N) is 2. The number of nitrogens with one attached hydrogen (secondary N) is 2. The van der Waals surface area contributed by atoms with E-state index in [9.17, 15) is 9.59 Å². The number of hydrogen-bond acceptors (Lipinski definition) is 3. The van der Waals surface area contributed by atoms with Crippen LogP contribution in [0.3, 0.4) is 0 Å². The van der Waals surface area contributed by atoms with Gasteiger partial charge in [-0.1, -0.05) is 42.5 Å². The molecule has 3 rings (SSSR count). The monoisotopic (exact) mass is 394 g/mol. The molecule has 6 nitrogen and oxygen atoms in total. The zero-order chi connectivity index (χ0) is 20.9. The van der Waals surface area contributed by atoms with Gasteiger partial charge in [0, 0.05) is 38.3 Å². The van der Waals surface area contributed by atoms with Crippen LogP contribution in [0.25, 0.3) is 0 Å². The summed E-state index contributed by atoms with van der Waals surface area (Å²) in [6.45, 7) is 9.67. The van der Waals surface area contributed by atoms with Gasteiger partial charge < -0.3 is 15.5 Å². The number of hydrogen-bond donors (Lipinski definition) is 2. The van der Waals surface area contributed by atoms with E-state index in [1.165, 1.54) is 5.56 Å². The molecule has 2 aromatic rings. The van der Waals surface area contributed by atoms with Crippen LogP contribution in [0.5, 0.6) is 0 Å². The van der Waals surface area contributed by atoms with Gasteiger partial charge in [-0.2, -0.15) is 0 Å². The zero-order valence-electron chi connectivity index (χ0n) is 17.4. The summed E-state index contributed by atoms with van der Waals surface area (Å²) in [5.74, 6) is -0.193. The number of benzene rings is 2. The minimum absolute atomic E-state index is 0.166. The summed E-state index contributed by atoms with van der Waals surface area (Å²) in [5, 5.41) is 5.87. The quantitative estimate of drug-likeness (QED) is 0.833. The SMILES string of the molecule is CC(C)(C)NC(=O)c1ccccc1NC(=O)N1CCN(Cc2ccccc2)CC1. The van der Waals surface area contributed by atoms with Gasteiger partial charge in [-0.05, 0) is 38.5 Å². The molecule has 1 aliphatic heterocycles. The highest BCUT2D eigenvalue weighted by Gasteiger charge is 2.23. The lowest BCUT2D eigenvalue weighted by Gasteiger charge is -2.34. The Kier molecular flexibility index (Phi) is 6.54. The zero-order valence-corrected chi connectivity index (χ0v) is 17.4. The van der Waals surface area contributed by atoms with Crippen molar-refractivity contribution in [1.29, 1.82) is 0 Å². The van der Waals surface area contributed by atoms with E-state index >= 15 is 0 Å². The van der Waals surface area contributed by atoms with E-state index in [0.717, 1.165) is 19.6 Å². The number of anilines is 1. The van der Waals surface area contributed by atoms with Crippen LogP contribution in [0.2, 0.25) is 0 Å². The largest absolute Gasteiger partial charge is 0.347 e. The average molecular weight is 395 g/mol. The van der Waals surface area contributed by atoms with Gasteiger partial charge in [0.15, 0.2) is 0 Å². The Hall–Kier alpha value is -2.86. The lowest BCUT2D eigenvalue weighted by Crippen LogP contribution is -2.49. The summed E-state index contributed by atoms with van der Waals surface area (Å²) in [4.78, 5) is 29.5. The van der Waals surface area contributed by atoms with Crippen LogP contribution in [-0.4, -0.2) is 53.5 Å². The molecule has 6 heteroatoms. The Bertz CT molecular complexity index is 837. The van der Waals surface area contributed by atoms with Crippen LogP contribution in [0, 0.1) is 0 Å². The Morgan fingerprint density at radius 2 is 1.52 bits per heavy atom. The van der Waals surface area contributed by atoms with E-state index in [1.54, 1.807) is 23.1 Å². The molecule has 2 N–H and O–H groups in total. The van der Waals surface area contributed by atoms with E-state index in [1.807, 2.05) is 45.0 Å². The normalized spacial score (nSPS) is 15.1. The summed E-state index contributed by atoms with van der Waals surface area (Å²) in [5.41, 5.74) is 1.94.